The third-order valence-corrected chi connectivity index (χ3v) is 5.94. The number of ether oxygens (including phenoxy) is 1. The van der Waals surface area contributed by atoms with Crippen molar-refractivity contribution in [2.75, 3.05) is 30.4 Å². The molecule has 31 heavy (non-hydrogen) atoms. The molecule has 4 aromatic rings. The standard InChI is InChI=1S/C24H24N4O2S/c1-3-30-19-11-9-18(10-12-19)27-22(29)13-14-28(2)23-20-15-21(17-7-5-4-6-8-17)31-24(20)26-16-25-23/h4-12,15-16H,3,13-14H2,1-2H3,(H,27,29). The zero-order valence-electron chi connectivity index (χ0n) is 17.5. The lowest BCUT2D eigenvalue weighted by molar-refractivity contribution is -0.116. The fourth-order valence-corrected chi connectivity index (χ4v) is 4.29. The first-order valence-corrected chi connectivity index (χ1v) is 11.0. The normalized spacial score (nSPS) is 10.8. The average Bonchev–Trinajstić information content (AvgIpc) is 3.24. The molecule has 2 heterocycles. The van der Waals surface area contributed by atoms with Crippen LogP contribution in [-0.2, 0) is 4.79 Å². The summed E-state index contributed by atoms with van der Waals surface area (Å²) in [5.74, 6) is 1.58. The van der Waals surface area contributed by atoms with E-state index in [4.69, 9.17) is 4.74 Å². The first-order valence-electron chi connectivity index (χ1n) is 10.2. The second kappa shape index (κ2) is 9.57. The van der Waals surface area contributed by atoms with Crippen molar-refractivity contribution in [2.45, 2.75) is 13.3 Å². The second-order valence-electron chi connectivity index (χ2n) is 7.07. The Morgan fingerprint density at radius 1 is 1.10 bits per heavy atom. The summed E-state index contributed by atoms with van der Waals surface area (Å²) < 4.78 is 5.43. The molecule has 0 atom stereocenters. The van der Waals surface area contributed by atoms with Crippen LogP contribution in [0.25, 0.3) is 20.7 Å². The maximum Gasteiger partial charge on any atom is 0.226 e. The SMILES string of the molecule is CCOc1ccc(NC(=O)CCN(C)c2ncnc3sc(-c4ccccc4)cc23)cc1. The van der Waals surface area contributed by atoms with Crippen molar-refractivity contribution in [2.24, 2.45) is 0 Å². The Morgan fingerprint density at radius 2 is 1.87 bits per heavy atom. The summed E-state index contributed by atoms with van der Waals surface area (Å²) in [7, 11) is 1.95. The summed E-state index contributed by atoms with van der Waals surface area (Å²) >= 11 is 1.65. The molecule has 158 valence electrons. The van der Waals surface area contributed by atoms with Crippen LogP contribution in [0, 0.1) is 0 Å². The molecular weight excluding hydrogens is 408 g/mol. The van der Waals surface area contributed by atoms with Crippen LogP contribution in [0.5, 0.6) is 5.75 Å². The molecule has 0 aliphatic heterocycles. The van der Waals surface area contributed by atoms with E-state index in [1.807, 2.05) is 61.3 Å². The molecular formula is C24H24N4O2S. The highest BCUT2D eigenvalue weighted by Gasteiger charge is 2.14. The van der Waals surface area contributed by atoms with Gasteiger partial charge in [0.25, 0.3) is 0 Å². The predicted molar refractivity (Wildman–Crippen MR) is 127 cm³/mol. The first kappa shape index (κ1) is 20.8. The van der Waals surface area contributed by atoms with Crippen molar-refractivity contribution in [3.8, 4) is 16.2 Å². The number of nitrogens with zero attached hydrogens (tertiary/aromatic N) is 3. The van der Waals surface area contributed by atoms with Crippen LogP contribution < -0.4 is 15.0 Å². The Labute approximate surface area is 185 Å². The van der Waals surface area contributed by atoms with Gasteiger partial charge in [-0.1, -0.05) is 30.3 Å². The van der Waals surface area contributed by atoms with Crippen LogP contribution in [0.15, 0.2) is 67.0 Å². The number of fused-ring (bicyclic) bond motifs is 1. The highest BCUT2D eigenvalue weighted by atomic mass is 32.1. The van der Waals surface area contributed by atoms with Gasteiger partial charge in [0.1, 0.15) is 22.7 Å². The molecule has 0 unspecified atom stereocenters. The number of carbonyl (C=O) groups is 1. The lowest BCUT2D eigenvalue weighted by Crippen LogP contribution is -2.24. The molecule has 0 saturated carbocycles. The van der Waals surface area contributed by atoms with E-state index < -0.39 is 0 Å². The van der Waals surface area contributed by atoms with Crippen LogP contribution in [0.4, 0.5) is 11.5 Å². The van der Waals surface area contributed by atoms with Crippen molar-refractivity contribution in [1.82, 2.24) is 9.97 Å². The van der Waals surface area contributed by atoms with E-state index in [-0.39, 0.29) is 5.91 Å². The van der Waals surface area contributed by atoms with Gasteiger partial charge in [0.2, 0.25) is 5.91 Å². The van der Waals surface area contributed by atoms with Crippen LogP contribution >= 0.6 is 11.3 Å². The fourth-order valence-electron chi connectivity index (χ4n) is 3.29. The summed E-state index contributed by atoms with van der Waals surface area (Å²) in [5.41, 5.74) is 1.92. The molecule has 2 aromatic carbocycles. The summed E-state index contributed by atoms with van der Waals surface area (Å²) in [4.78, 5) is 25.4. The van der Waals surface area contributed by atoms with Gasteiger partial charge < -0.3 is 15.0 Å². The maximum absolute atomic E-state index is 12.4. The largest absolute Gasteiger partial charge is 0.494 e. The van der Waals surface area contributed by atoms with Crippen LogP contribution in [0.3, 0.4) is 0 Å². The minimum Gasteiger partial charge on any atom is -0.494 e. The topological polar surface area (TPSA) is 67.3 Å². The van der Waals surface area contributed by atoms with E-state index in [0.717, 1.165) is 37.9 Å². The number of carbonyl (C=O) groups excluding carboxylic acids is 1. The van der Waals surface area contributed by atoms with Gasteiger partial charge >= 0.3 is 0 Å². The van der Waals surface area contributed by atoms with Gasteiger partial charge in [-0.3, -0.25) is 4.79 Å². The molecule has 0 aliphatic rings. The molecule has 0 fully saturated rings. The predicted octanol–water partition coefficient (Wildman–Crippen LogP) is 5.22. The number of thiophene rings is 1. The van der Waals surface area contributed by atoms with Crippen molar-refractivity contribution >= 4 is 39.0 Å². The third-order valence-electron chi connectivity index (χ3n) is 4.85. The Bertz CT molecular complexity index is 1160. The monoisotopic (exact) mass is 432 g/mol. The number of hydrogen-bond acceptors (Lipinski definition) is 6. The molecule has 1 N–H and O–H groups in total. The molecule has 0 saturated heterocycles. The van der Waals surface area contributed by atoms with E-state index >= 15 is 0 Å². The van der Waals surface area contributed by atoms with Gasteiger partial charge in [-0.05, 0) is 42.8 Å². The molecule has 0 aliphatic carbocycles. The minimum atomic E-state index is -0.0448. The molecule has 6 nitrogen and oxygen atoms in total. The molecule has 4 rings (SSSR count). The summed E-state index contributed by atoms with van der Waals surface area (Å²) in [6.45, 7) is 3.10. The Hall–Kier alpha value is -3.45. The van der Waals surface area contributed by atoms with Crippen LogP contribution in [0.2, 0.25) is 0 Å². The minimum absolute atomic E-state index is 0.0448. The van der Waals surface area contributed by atoms with Gasteiger partial charge in [-0.25, -0.2) is 9.97 Å². The number of rotatable bonds is 8. The molecule has 0 radical (unpaired) electrons. The number of aromatic nitrogens is 2. The van der Waals surface area contributed by atoms with Crippen LogP contribution in [0.1, 0.15) is 13.3 Å². The fraction of sp³-hybridized carbons (Fsp3) is 0.208. The first-order chi connectivity index (χ1) is 15.1. The highest BCUT2D eigenvalue weighted by Crippen LogP contribution is 2.35. The van der Waals surface area contributed by atoms with E-state index in [9.17, 15) is 4.79 Å². The maximum atomic E-state index is 12.4. The summed E-state index contributed by atoms with van der Waals surface area (Å²) in [6.07, 6.45) is 1.93. The quantitative estimate of drug-likeness (QED) is 0.413. The lowest BCUT2D eigenvalue weighted by atomic mass is 10.2. The zero-order chi connectivity index (χ0) is 21.6. The molecule has 7 heteroatoms. The van der Waals surface area contributed by atoms with Gasteiger partial charge in [0, 0.05) is 30.6 Å². The molecule has 2 aromatic heterocycles. The number of amides is 1. The average molecular weight is 433 g/mol. The number of nitrogens with one attached hydrogen (secondary N) is 1. The van der Waals surface area contributed by atoms with Crippen molar-refractivity contribution < 1.29 is 9.53 Å². The molecule has 0 spiro atoms. The highest BCUT2D eigenvalue weighted by molar-refractivity contribution is 7.21. The smallest absolute Gasteiger partial charge is 0.226 e. The van der Waals surface area contributed by atoms with Gasteiger partial charge in [-0.2, -0.15) is 0 Å². The molecule has 0 bridgehead atoms. The van der Waals surface area contributed by atoms with Crippen molar-refractivity contribution in [1.29, 1.82) is 0 Å². The summed E-state index contributed by atoms with van der Waals surface area (Å²) in [6, 6.07) is 19.8. The van der Waals surface area contributed by atoms with E-state index in [0.29, 0.717) is 19.6 Å². The third kappa shape index (κ3) is 5.00. The van der Waals surface area contributed by atoms with Crippen LogP contribution in [-0.4, -0.2) is 36.1 Å². The van der Waals surface area contributed by atoms with Crippen molar-refractivity contribution in [3.63, 3.8) is 0 Å². The number of anilines is 2. The zero-order valence-corrected chi connectivity index (χ0v) is 18.4. The lowest BCUT2D eigenvalue weighted by Gasteiger charge is -2.18. The Balaban J connectivity index is 1.41. The Morgan fingerprint density at radius 3 is 2.61 bits per heavy atom. The second-order valence-corrected chi connectivity index (χ2v) is 8.10. The van der Waals surface area contributed by atoms with Gasteiger partial charge in [-0.15, -0.1) is 11.3 Å². The summed E-state index contributed by atoms with van der Waals surface area (Å²) in [5, 5.41) is 3.93. The van der Waals surface area contributed by atoms with E-state index in [1.165, 1.54) is 0 Å². The van der Waals surface area contributed by atoms with Gasteiger partial charge in [0.05, 0.1) is 12.0 Å². The van der Waals surface area contributed by atoms with Gasteiger partial charge in [0.15, 0.2) is 0 Å². The molecule has 1 amide bonds. The number of benzene rings is 2. The Kier molecular flexibility index (Phi) is 6.43. The number of hydrogen-bond donors (Lipinski definition) is 1. The van der Waals surface area contributed by atoms with E-state index in [1.54, 1.807) is 17.7 Å². The van der Waals surface area contributed by atoms with Crippen molar-refractivity contribution in [3.05, 3.63) is 67.0 Å². The van der Waals surface area contributed by atoms with E-state index in [2.05, 4.69) is 33.5 Å².